The lowest BCUT2D eigenvalue weighted by Crippen LogP contribution is -2.05. The SMILES string of the molecule is Cc1cc(C(Br)c2ccccc2OC(F)F)ccc1F. The van der Waals surface area contributed by atoms with Crippen LogP contribution >= 0.6 is 15.9 Å². The highest BCUT2D eigenvalue weighted by Crippen LogP contribution is 2.37. The first-order valence-corrected chi connectivity index (χ1v) is 6.84. The number of ether oxygens (including phenoxy) is 1. The van der Waals surface area contributed by atoms with Crippen molar-refractivity contribution >= 4 is 15.9 Å². The van der Waals surface area contributed by atoms with Crippen molar-refractivity contribution in [1.29, 1.82) is 0 Å². The van der Waals surface area contributed by atoms with Gasteiger partial charge in [-0.2, -0.15) is 8.78 Å². The summed E-state index contributed by atoms with van der Waals surface area (Å²) in [7, 11) is 0. The van der Waals surface area contributed by atoms with Gasteiger partial charge in [0.15, 0.2) is 0 Å². The molecule has 0 heterocycles. The Labute approximate surface area is 123 Å². The average Bonchev–Trinajstić information content (AvgIpc) is 2.41. The Balaban J connectivity index is 2.37. The van der Waals surface area contributed by atoms with Gasteiger partial charge in [-0.3, -0.25) is 0 Å². The molecule has 0 aromatic heterocycles. The molecular weight excluding hydrogens is 333 g/mol. The van der Waals surface area contributed by atoms with Gasteiger partial charge in [-0.05, 0) is 30.2 Å². The van der Waals surface area contributed by atoms with Crippen molar-refractivity contribution in [2.75, 3.05) is 0 Å². The summed E-state index contributed by atoms with van der Waals surface area (Å²) in [6, 6.07) is 11.2. The van der Waals surface area contributed by atoms with Crippen molar-refractivity contribution < 1.29 is 17.9 Å². The standard InChI is InChI=1S/C15H12BrF3O/c1-9-8-10(6-7-12(9)17)14(16)11-4-2-3-5-13(11)20-15(18)19/h2-8,14-15H,1H3. The zero-order valence-electron chi connectivity index (χ0n) is 10.6. The number of benzene rings is 2. The summed E-state index contributed by atoms with van der Waals surface area (Å²) in [5.74, 6) is -0.197. The van der Waals surface area contributed by atoms with Crippen LogP contribution in [0, 0.1) is 12.7 Å². The van der Waals surface area contributed by atoms with Gasteiger partial charge < -0.3 is 4.74 Å². The molecular formula is C15H12BrF3O. The van der Waals surface area contributed by atoms with E-state index in [0.717, 1.165) is 5.56 Å². The zero-order chi connectivity index (χ0) is 14.7. The minimum atomic E-state index is -2.88. The normalized spacial score (nSPS) is 12.5. The van der Waals surface area contributed by atoms with E-state index in [4.69, 9.17) is 0 Å². The third kappa shape index (κ3) is 3.33. The van der Waals surface area contributed by atoms with E-state index in [9.17, 15) is 13.2 Å². The average molecular weight is 345 g/mol. The maximum Gasteiger partial charge on any atom is 0.387 e. The number of aryl methyl sites for hydroxylation is 1. The van der Waals surface area contributed by atoms with Crippen LogP contribution in [0.4, 0.5) is 13.2 Å². The molecule has 0 saturated heterocycles. The molecule has 0 fully saturated rings. The second-order valence-corrected chi connectivity index (χ2v) is 5.20. The number of hydrogen-bond donors (Lipinski definition) is 0. The van der Waals surface area contributed by atoms with Crippen molar-refractivity contribution in [3.63, 3.8) is 0 Å². The Kier molecular flexibility index (Phi) is 4.70. The molecule has 0 saturated carbocycles. The van der Waals surface area contributed by atoms with Gasteiger partial charge in [-0.25, -0.2) is 4.39 Å². The molecule has 1 nitrogen and oxygen atoms in total. The molecule has 1 atom stereocenters. The fourth-order valence-electron chi connectivity index (χ4n) is 1.90. The Morgan fingerprint density at radius 1 is 1.10 bits per heavy atom. The third-order valence-electron chi connectivity index (χ3n) is 2.88. The minimum absolute atomic E-state index is 0.103. The number of hydrogen-bond acceptors (Lipinski definition) is 1. The van der Waals surface area contributed by atoms with Gasteiger partial charge in [-0.15, -0.1) is 0 Å². The number of para-hydroxylation sites is 1. The quantitative estimate of drug-likeness (QED) is 0.691. The molecule has 0 aliphatic rings. The lowest BCUT2D eigenvalue weighted by Gasteiger charge is -2.16. The van der Waals surface area contributed by atoms with Gasteiger partial charge in [0, 0.05) is 5.56 Å². The highest BCUT2D eigenvalue weighted by Gasteiger charge is 2.18. The van der Waals surface area contributed by atoms with Crippen molar-refractivity contribution in [3.8, 4) is 5.75 Å². The molecule has 0 amide bonds. The van der Waals surface area contributed by atoms with E-state index in [2.05, 4.69) is 20.7 Å². The van der Waals surface area contributed by atoms with E-state index in [1.54, 1.807) is 37.3 Å². The molecule has 20 heavy (non-hydrogen) atoms. The first kappa shape index (κ1) is 14.9. The number of rotatable bonds is 4. The minimum Gasteiger partial charge on any atom is -0.434 e. The first-order valence-electron chi connectivity index (χ1n) is 5.93. The van der Waals surface area contributed by atoms with Gasteiger partial charge in [-0.1, -0.05) is 46.3 Å². The predicted octanol–water partition coefficient (Wildman–Crippen LogP) is 5.22. The summed E-state index contributed by atoms with van der Waals surface area (Å²) in [6.07, 6.45) is 0. The highest BCUT2D eigenvalue weighted by atomic mass is 79.9. The lowest BCUT2D eigenvalue weighted by molar-refractivity contribution is -0.0503. The van der Waals surface area contributed by atoms with Crippen molar-refractivity contribution in [2.24, 2.45) is 0 Å². The molecule has 0 aliphatic carbocycles. The van der Waals surface area contributed by atoms with E-state index < -0.39 is 6.61 Å². The van der Waals surface area contributed by atoms with Gasteiger partial charge in [0.05, 0.1) is 4.83 Å². The molecule has 0 aliphatic heterocycles. The summed E-state index contributed by atoms with van der Waals surface area (Å²) in [6.45, 7) is -1.23. The number of halogens is 4. The van der Waals surface area contributed by atoms with Crippen LogP contribution in [0.2, 0.25) is 0 Å². The van der Waals surface area contributed by atoms with Crippen LogP contribution in [0.5, 0.6) is 5.75 Å². The Morgan fingerprint density at radius 2 is 1.80 bits per heavy atom. The molecule has 1 unspecified atom stereocenters. The fourth-order valence-corrected chi connectivity index (χ4v) is 2.56. The van der Waals surface area contributed by atoms with Crippen LogP contribution in [-0.4, -0.2) is 6.61 Å². The molecule has 2 aromatic rings. The monoisotopic (exact) mass is 344 g/mol. The summed E-state index contributed by atoms with van der Waals surface area (Å²) < 4.78 is 42.6. The second kappa shape index (κ2) is 6.31. The third-order valence-corrected chi connectivity index (χ3v) is 3.90. The smallest absolute Gasteiger partial charge is 0.387 e. The largest absolute Gasteiger partial charge is 0.434 e. The summed E-state index contributed by atoms with van der Waals surface area (Å²) >= 11 is 3.45. The molecule has 0 spiro atoms. The maximum atomic E-state index is 13.3. The van der Waals surface area contributed by atoms with Gasteiger partial charge >= 0.3 is 6.61 Å². The summed E-state index contributed by atoms with van der Waals surface area (Å²) in [5, 5.41) is 0. The first-order chi connectivity index (χ1) is 9.49. The van der Waals surface area contributed by atoms with Crippen LogP contribution in [0.3, 0.4) is 0 Å². The maximum absolute atomic E-state index is 13.3. The molecule has 0 bridgehead atoms. The second-order valence-electron chi connectivity index (χ2n) is 4.29. The Bertz CT molecular complexity index is 601. The Hall–Kier alpha value is -1.49. The van der Waals surface area contributed by atoms with Crippen molar-refractivity contribution in [1.82, 2.24) is 0 Å². The molecule has 106 valence electrons. The lowest BCUT2D eigenvalue weighted by atomic mass is 10.0. The molecule has 0 radical (unpaired) electrons. The van der Waals surface area contributed by atoms with Crippen LogP contribution < -0.4 is 4.74 Å². The Morgan fingerprint density at radius 3 is 2.45 bits per heavy atom. The fraction of sp³-hybridized carbons (Fsp3) is 0.200. The van der Waals surface area contributed by atoms with Crippen molar-refractivity contribution in [3.05, 3.63) is 65.0 Å². The molecule has 5 heteroatoms. The van der Waals surface area contributed by atoms with Crippen LogP contribution in [0.15, 0.2) is 42.5 Å². The van der Waals surface area contributed by atoms with Gasteiger partial charge in [0.25, 0.3) is 0 Å². The summed E-state index contributed by atoms with van der Waals surface area (Å²) in [4.78, 5) is -0.350. The predicted molar refractivity (Wildman–Crippen MR) is 75.0 cm³/mol. The zero-order valence-corrected chi connectivity index (χ0v) is 12.2. The summed E-state index contributed by atoms with van der Waals surface area (Å²) in [5.41, 5.74) is 1.84. The molecule has 0 N–H and O–H groups in total. The number of alkyl halides is 3. The van der Waals surface area contributed by atoms with E-state index in [1.807, 2.05) is 0 Å². The van der Waals surface area contributed by atoms with E-state index in [-0.39, 0.29) is 16.4 Å². The topological polar surface area (TPSA) is 9.23 Å². The molecule has 2 rings (SSSR count). The van der Waals surface area contributed by atoms with Crippen LogP contribution in [0.1, 0.15) is 21.5 Å². The van der Waals surface area contributed by atoms with Crippen LogP contribution in [0.25, 0.3) is 0 Å². The highest BCUT2D eigenvalue weighted by molar-refractivity contribution is 9.09. The van der Waals surface area contributed by atoms with Gasteiger partial charge in [0.1, 0.15) is 11.6 Å². The van der Waals surface area contributed by atoms with Crippen LogP contribution in [-0.2, 0) is 0 Å². The van der Waals surface area contributed by atoms with E-state index in [0.29, 0.717) is 11.1 Å². The van der Waals surface area contributed by atoms with Crippen molar-refractivity contribution in [2.45, 2.75) is 18.4 Å². The van der Waals surface area contributed by atoms with E-state index in [1.165, 1.54) is 12.1 Å². The van der Waals surface area contributed by atoms with Gasteiger partial charge in [0.2, 0.25) is 0 Å². The molecule has 2 aromatic carbocycles. The van der Waals surface area contributed by atoms with E-state index >= 15 is 0 Å².